The molecule has 2 aromatic rings. The molecule has 0 fully saturated rings. The molecular formula is C25H34FN5O6S. The van der Waals surface area contributed by atoms with Crippen LogP contribution in [-0.2, 0) is 25.0 Å². The second-order valence-corrected chi connectivity index (χ2v) is 11.2. The van der Waals surface area contributed by atoms with Gasteiger partial charge in [0.2, 0.25) is 10.0 Å². The van der Waals surface area contributed by atoms with Crippen molar-refractivity contribution in [1.82, 2.24) is 0 Å². The number of hydrogen-bond acceptors (Lipinski definition) is 9. The van der Waals surface area contributed by atoms with Crippen molar-refractivity contribution in [3.63, 3.8) is 0 Å². The van der Waals surface area contributed by atoms with Crippen LogP contribution in [0.2, 0.25) is 0 Å². The second kappa shape index (κ2) is 11.7. The first-order valence-electron chi connectivity index (χ1n) is 11.5. The van der Waals surface area contributed by atoms with Gasteiger partial charge in [0.15, 0.2) is 5.75 Å². The molecular weight excluding hydrogens is 517 g/mol. The lowest BCUT2D eigenvalue weighted by atomic mass is 9.86. The second-order valence-electron chi connectivity index (χ2n) is 9.50. The molecule has 13 heteroatoms. The number of rotatable bonds is 9. The Labute approximate surface area is 222 Å². The summed E-state index contributed by atoms with van der Waals surface area (Å²) in [7, 11) is -2.35. The number of anilines is 3. The van der Waals surface area contributed by atoms with Gasteiger partial charge in [-0.05, 0) is 49.1 Å². The number of methoxy groups -OCH3 is 1. The number of carbonyl (C=O) groups is 2. The van der Waals surface area contributed by atoms with Crippen molar-refractivity contribution in [2.45, 2.75) is 40.0 Å². The number of halogens is 1. The maximum Gasteiger partial charge on any atom is 0.355 e. The number of hydrazine groups is 1. The van der Waals surface area contributed by atoms with E-state index in [1.54, 1.807) is 19.1 Å². The Hall–Kier alpha value is -3.84. The monoisotopic (exact) mass is 551 g/mol. The van der Waals surface area contributed by atoms with E-state index in [0.29, 0.717) is 5.56 Å². The third-order valence-corrected chi connectivity index (χ3v) is 5.94. The Balaban J connectivity index is 2.56. The van der Waals surface area contributed by atoms with Crippen LogP contribution in [0.1, 0.15) is 49.2 Å². The van der Waals surface area contributed by atoms with E-state index in [9.17, 15) is 22.4 Å². The van der Waals surface area contributed by atoms with Crippen molar-refractivity contribution >= 4 is 39.0 Å². The molecule has 0 unspecified atom stereocenters. The summed E-state index contributed by atoms with van der Waals surface area (Å²) in [6.45, 7) is 8.90. The molecule has 0 aliphatic rings. The molecule has 0 saturated heterocycles. The highest BCUT2D eigenvalue weighted by Crippen LogP contribution is 2.39. The summed E-state index contributed by atoms with van der Waals surface area (Å²) in [5, 5.41) is 3.58. The van der Waals surface area contributed by atoms with Crippen LogP contribution in [0.5, 0.6) is 5.75 Å². The van der Waals surface area contributed by atoms with E-state index in [0.717, 1.165) is 23.5 Å². The lowest BCUT2D eigenvalue weighted by Gasteiger charge is -2.24. The number of sulfonamides is 1. The molecule has 0 spiro atoms. The van der Waals surface area contributed by atoms with Crippen LogP contribution in [0.3, 0.4) is 0 Å². The summed E-state index contributed by atoms with van der Waals surface area (Å²) in [6.07, 6.45) is 2.05. The Bertz CT molecular complexity index is 1370. The van der Waals surface area contributed by atoms with Crippen LogP contribution in [0.25, 0.3) is 0 Å². The van der Waals surface area contributed by atoms with E-state index < -0.39 is 33.1 Å². The van der Waals surface area contributed by atoms with Crippen LogP contribution in [0, 0.1) is 12.7 Å². The Morgan fingerprint density at radius 1 is 1.16 bits per heavy atom. The van der Waals surface area contributed by atoms with Gasteiger partial charge in [-0.15, -0.1) is 0 Å². The molecule has 208 valence electrons. The Morgan fingerprint density at radius 2 is 1.76 bits per heavy atom. The Kier molecular flexibility index (Phi) is 9.35. The number of nitrogens with zero attached hydrogens (tertiary/aromatic N) is 1. The van der Waals surface area contributed by atoms with Crippen LogP contribution in [-0.4, -0.2) is 40.3 Å². The molecule has 0 atom stereocenters. The molecule has 2 rings (SSSR count). The quantitative estimate of drug-likeness (QED) is 0.158. The average molecular weight is 552 g/mol. The van der Waals surface area contributed by atoms with E-state index in [1.807, 2.05) is 20.8 Å². The first kappa shape index (κ1) is 30.4. The number of hydrogen-bond donors (Lipinski definition) is 4. The minimum Gasteiger partial charge on any atom is -0.492 e. The molecule has 0 bridgehead atoms. The van der Waals surface area contributed by atoms with E-state index in [1.165, 1.54) is 20.1 Å². The summed E-state index contributed by atoms with van der Waals surface area (Å²) in [6, 6.07) is 5.61. The van der Waals surface area contributed by atoms with Gasteiger partial charge in [-0.25, -0.2) is 23.4 Å². The predicted molar refractivity (Wildman–Crippen MR) is 145 cm³/mol. The lowest BCUT2D eigenvalue weighted by molar-refractivity contribution is -0.138. The van der Waals surface area contributed by atoms with Crippen molar-refractivity contribution < 1.29 is 31.9 Å². The SMILES string of the molecule is CCOC(=O)C(N)=CN(N)c1cc(C(=O)Nc2cc(C(C)(C)C)cc(NS(C)(=O)=O)c2OC)cc(F)c1C. The topological polar surface area (TPSA) is 166 Å². The van der Waals surface area contributed by atoms with Gasteiger partial charge >= 0.3 is 5.97 Å². The standard InChI is InChI=1S/C25H34FN5O6S/c1-8-37-24(33)18(27)13-31(28)21-10-15(9-17(26)14(21)2)23(32)29-19-11-16(25(3,4)5)12-20(22(19)36-6)30-38(7,34)35/h9-13,30H,8,27-28H2,1-7H3,(H,29,32). The third-order valence-electron chi connectivity index (χ3n) is 5.35. The number of ether oxygens (including phenoxy) is 2. The van der Waals surface area contributed by atoms with Gasteiger partial charge in [0.1, 0.15) is 11.5 Å². The third kappa shape index (κ3) is 7.59. The molecule has 11 nitrogen and oxygen atoms in total. The lowest BCUT2D eigenvalue weighted by Crippen LogP contribution is -2.29. The zero-order chi connectivity index (χ0) is 29.0. The van der Waals surface area contributed by atoms with Crippen LogP contribution >= 0.6 is 0 Å². The van der Waals surface area contributed by atoms with Crippen molar-refractivity contribution in [1.29, 1.82) is 0 Å². The van der Waals surface area contributed by atoms with Crippen LogP contribution in [0.15, 0.2) is 36.2 Å². The maximum atomic E-state index is 14.8. The zero-order valence-corrected chi connectivity index (χ0v) is 23.2. The van der Waals surface area contributed by atoms with Gasteiger partial charge in [-0.1, -0.05) is 20.8 Å². The molecule has 2 aromatic carbocycles. The van der Waals surface area contributed by atoms with E-state index >= 15 is 0 Å². The first-order chi connectivity index (χ1) is 17.5. The van der Waals surface area contributed by atoms with Crippen molar-refractivity contribution in [2.75, 3.05) is 35.0 Å². The van der Waals surface area contributed by atoms with Crippen molar-refractivity contribution in [3.8, 4) is 5.75 Å². The van der Waals surface area contributed by atoms with Crippen molar-refractivity contribution in [2.24, 2.45) is 11.6 Å². The van der Waals surface area contributed by atoms with E-state index in [2.05, 4.69) is 10.0 Å². The summed E-state index contributed by atoms with van der Waals surface area (Å²) in [4.78, 5) is 25.1. The normalized spacial score (nSPS) is 12.1. The van der Waals surface area contributed by atoms with Gasteiger partial charge in [0.05, 0.1) is 43.2 Å². The summed E-state index contributed by atoms with van der Waals surface area (Å²) in [5.41, 5.74) is 6.00. The summed E-state index contributed by atoms with van der Waals surface area (Å²) >= 11 is 0. The maximum absolute atomic E-state index is 14.8. The van der Waals surface area contributed by atoms with Crippen LogP contribution in [0.4, 0.5) is 21.5 Å². The molecule has 6 N–H and O–H groups in total. The number of amides is 1. The molecule has 0 aromatic heterocycles. The van der Waals surface area contributed by atoms with Crippen molar-refractivity contribution in [3.05, 3.63) is 58.7 Å². The van der Waals surface area contributed by atoms with E-state index in [4.69, 9.17) is 21.1 Å². The fourth-order valence-corrected chi connectivity index (χ4v) is 3.95. The minimum atomic E-state index is -3.68. The predicted octanol–water partition coefficient (Wildman–Crippen LogP) is 3.11. The highest BCUT2D eigenvalue weighted by atomic mass is 32.2. The number of nitrogens with two attached hydrogens (primary N) is 2. The fraction of sp³-hybridized carbons (Fsp3) is 0.360. The molecule has 0 aliphatic carbocycles. The molecule has 38 heavy (non-hydrogen) atoms. The first-order valence-corrected chi connectivity index (χ1v) is 13.4. The van der Waals surface area contributed by atoms with Gasteiger partial charge in [0, 0.05) is 11.1 Å². The van der Waals surface area contributed by atoms with Gasteiger partial charge in [0.25, 0.3) is 5.91 Å². The summed E-state index contributed by atoms with van der Waals surface area (Å²) in [5.74, 6) is 3.80. The Morgan fingerprint density at radius 3 is 2.29 bits per heavy atom. The zero-order valence-electron chi connectivity index (χ0n) is 22.4. The molecule has 0 radical (unpaired) electrons. The number of carbonyl (C=O) groups excluding carboxylic acids is 2. The highest BCUT2D eigenvalue weighted by molar-refractivity contribution is 7.92. The molecule has 0 saturated carbocycles. The van der Waals surface area contributed by atoms with E-state index in [-0.39, 0.29) is 46.2 Å². The smallest absolute Gasteiger partial charge is 0.355 e. The average Bonchev–Trinajstić information content (AvgIpc) is 2.78. The van der Waals surface area contributed by atoms with Gasteiger partial charge in [-0.3, -0.25) is 14.5 Å². The number of nitrogens with one attached hydrogen (secondary N) is 2. The minimum absolute atomic E-state index is 0.0650. The van der Waals surface area contributed by atoms with Gasteiger partial charge in [-0.2, -0.15) is 0 Å². The molecule has 1 amide bonds. The highest BCUT2D eigenvalue weighted by Gasteiger charge is 2.23. The molecule has 0 aliphatic heterocycles. The largest absolute Gasteiger partial charge is 0.492 e. The van der Waals surface area contributed by atoms with Gasteiger partial charge < -0.3 is 20.5 Å². The fourth-order valence-electron chi connectivity index (χ4n) is 3.39. The summed E-state index contributed by atoms with van der Waals surface area (Å²) < 4.78 is 51.4. The molecule has 0 heterocycles. The number of esters is 1. The van der Waals surface area contributed by atoms with Crippen LogP contribution < -0.4 is 31.4 Å². The number of benzene rings is 2.